The van der Waals surface area contributed by atoms with Gasteiger partial charge in [-0.3, -0.25) is 0 Å². The zero-order valence-electron chi connectivity index (χ0n) is 13.0. The maximum absolute atomic E-state index is 10.9. The van der Waals surface area contributed by atoms with E-state index in [2.05, 4.69) is 43.3 Å². The lowest BCUT2D eigenvalue weighted by atomic mass is 9.87. The molecule has 22 heavy (non-hydrogen) atoms. The van der Waals surface area contributed by atoms with Crippen molar-refractivity contribution in [1.29, 1.82) is 0 Å². The van der Waals surface area contributed by atoms with E-state index in [4.69, 9.17) is 0 Å². The lowest BCUT2D eigenvalue weighted by Crippen LogP contribution is -2.22. The van der Waals surface area contributed by atoms with E-state index in [1.165, 1.54) is 11.1 Å². The van der Waals surface area contributed by atoms with Gasteiger partial charge in [-0.2, -0.15) is 0 Å². The topological polar surface area (TPSA) is 20.2 Å². The Hall–Kier alpha value is -2.38. The first-order valence-electron chi connectivity index (χ1n) is 7.53. The molecule has 0 spiro atoms. The van der Waals surface area contributed by atoms with Crippen molar-refractivity contribution in [3.05, 3.63) is 95.6 Å². The Morgan fingerprint density at radius 3 is 1.64 bits per heavy atom. The summed E-state index contributed by atoms with van der Waals surface area (Å²) < 4.78 is 0. The summed E-state index contributed by atoms with van der Waals surface area (Å²) in [5, 5.41) is 10.9. The normalized spacial score (nSPS) is 13.6. The fourth-order valence-electron chi connectivity index (χ4n) is 2.66. The van der Waals surface area contributed by atoms with Gasteiger partial charge in [-0.15, -0.1) is 0 Å². The van der Waals surface area contributed by atoms with Crippen molar-refractivity contribution >= 4 is 0 Å². The summed E-state index contributed by atoms with van der Waals surface area (Å²) in [4.78, 5) is 0. The van der Waals surface area contributed by atoms with Crippen LogP contribution in [-0.2, 0) is 5.60 Å². The molecule has 1 atom stereocenters. The van der Waals surface area contributed by atoms with Gasteiger partial charge in [0.15, 0.2) is 0 Å². The molecule has 110 valence electrons. The minimum atomic E-state index is -0.979. The summed E-state index contributed by atoms with van der Waals surface area (Å²) in [5.74, 6) is 0. The third kappa shape index (κ3) is 2.81. The van der Waals surface area contributed by atoms with Crippen molar-refractivity contribution in [1.82, 2.24) is 0 Å². The maximum Gasteiger partial charge on any atom is 0.112 e. The Bertz CT molecular complexity index is 738. The predicted octanol–water partition coefficient (Wildman–Crippen LogP) is 4.92. The van der Waals surface area contributed by atoms with Crippen LogP contribution < -0.4 is 0 Å². The highest BCUT2D eigenvalue weighted by atomic mass is 16.3. The standard InChI is InChI=1S/C21H20O/c1-16-8-10-17(11-9-16)18-12-14-20(15-13-18)21(2,22)19-6-4-3-5-7-19/h3-15,22H,1-2H3. The molecule has 3 aromatic carbocycles. The highest BCUT2D eigenvalue weighted by Crippen LogP contribution is 2.30. The Morgan fingerprint density at radius 1 is 0.636 bits per heavy atom. The first-order valence-corrected chi connectivity index (χ1v) is 7.53. The molecule has 0 bridgehead atoms. The third-order valence-corrected chi connectivity index (χ3v) is 4.17. The Balaban J connectivity index is 1.93. The van der Waals surface area contributed by atoms with Gasteiger partial charge in [-0.25, -0.2) is 0 Å². The largest absolute Gasteiger partial charge is 0.381 e. The molecule has 1 N–H and O–H groups in total. The van der Waals surface area contributed by atoms with Gasteiger partial charge < -0.3 is 5.11 Å². The highest BCUT2D eigenvalue weighted by molar-refractivity contribution is 5.64. The van der Waals surface area contributed by atoms with Crippen molar-refractivity contribution < 1.29 is 5.11 Å². The highest BCUT2D eigenvalue weighted by Gasteiger charge is 2.24. The van der Waals surface area contributed by atoms with Crippen LogP contribution in [0.25, 0.3) is 11.1 Å². The van der Waals surface area contributed by atoms with E-state index in [0.29, 0.717) is 0 Å². The fraction of sp³-hybridized carbons (Fsp3) is 0.143. The summed E-state index contributed by atoms with van der Waals surface area (Å²) in [6.45, 7) is 3.92. The van der Waals surface area contributed by atoms with Gasteiger partial charge in [-0.1, -0.05) is 84.4 Å². The quantitative estimate of drug-likeness (QED) is 0.725. The fourth-order valence-corrected chi connectivity index (χ4v) is 2.66. The second kappa shape index (κ2) is 5.78. The minimum absolute atomic E-state index is 0.898. The summed E-state index contributed by atoms with van der Waals surface area (Å²) in [5.41, 5.74) is 4.43. The SMILES string of the molecule is Cc1ccc(-c2ccc(C(C)(O)c3ccccc3)cc2)cc1. The second-order valence-electron chi connectivity index (χ2n) is 5.88. The van der Waals surface area contributed by atoms with Gasteiger partial charge in [0.2, 0.25) is 0 Å². The predicted molar refractivity (Wildman–Crippen MR) is 91.7 cm³/mol. The van der Waals surface area contributed by atoms with E-state index >= 15 is 0 Å². The van der Waals surface area contributed by atoms with Crippen molar-refractivity contribution in [3.8, 4) is 11.1 Å². The molecular formula is C21H20O. The van der Waals surface area contributed by atoms with Crippen molar-refractivity contribution in [2.45, 2.75) is 19.4 Å². The number of rotatable bonds is 3. The molecule has 0 amide bonds. The van der Waals surface area contributed by atoms with Crippen LogP contribution in [0.1, 0.15) is 23.6 Å². The number of hydrogen-bond donors (Lipinski definition) is 1. The lowest BCUT2D eigenvalue weighted by Gasteiger charge is -2.24. The van der Waals surface area contributed by atoms with Gasteiger partial charge in [0.25, 0.3) is 0 Å². The van der Waals surface area contributed by atoms with Crippen LogP contribution in [0.2, 0.25) is 0 Å². The molecule has 0 aliphatic rings. The van der Waals surface area contributed by atoms with Crippen molar-refractivity contribution in [2.75, 3.05) is 0 Å². The zero-order valence-corrected chi connectivity index (χ0v) is 13.0. The van der Waals surface area contributed by atoms with Gasteiger partial charge in [-0.05, 0) is 36.1 Å². The number of aliphatic hydroxyl groups is 1. The van der Waals surface area contributed by atoms with E-state index in [1.54, 1.807) is 0 Å². The van der Waals surface area contributed by atoms with Gasteiger partial charge in [0, 0.05) is 0 Å². The molecule has 0 heterocycles. The van der Waals surface area contributed by atoms with Gasteiger partial charge in [0.05, 0.1) is 0 Å². The molecule has 3 rings (SSSR count). The van der Waals surface area contributed by atoms with E-state index in [-0.39, 0.29) is 0 Å². The Morgan fingerprint density at radius 2 is 1.09 bits per heavy atom. The Kier molecular flexibility index (Phi) is 3.82. The number of aryl methyl sites for hydroxylation is 1. The van der Waals surface area contributed by atoms with E-state index in [9.17, 15) is 5.11 Å². The molecule has 0 fully saturated rings. The minimum Gasteiger partial charge on any atom is -0.381 e. The molecule has 3 aromatic rings. The second-order valence-corrected chi connectivity index (χ2v) is 5.88. The molecule has 1 heteroatoms. The smallest absolute Gasteiger partial charge is 0.112 e. The van der Waals surface area contributed by atoms with Gasteiger partial charge in [0.1, 0.15) is 5.60 Å². The molecule has 0 saturated heterocycles. The average Bonchev–Trinajstić information content (AvgIpc) is 2.56. The summed E-state index contributed by atoms with van der Waals surface area (Å²) in [6.07, 6.45) is 0. The third-order valence-electron chi connectivity index (χ3n) is 4.17. The Labute approximate surface area is 131 Å². The van der Waals surface area contributed by atoms with Crippen LogP contribution in [0, 0.1) is 6.92 Å². The summed E-state index contributed by atoms with van der Waals surface area (Å²) >= 11 is 0. The lowest BCUT2D eigenvalue weighted by molar-refractivity contribution is 0.102. The molecule has 0 saturated carbocycles. The van der Waals surface area contributed by atoms with E-state index in [0.717, 1.165) is 16.7 Å². The molecule has 0 aromatic heterocycles. The molecule has 1 nitrogen and oxygen atoms in total. The van der Waals surface area contributed by atoms with Crippen LogP contribution in [0.4, 0.5) is 0 Å². The van der Waals surface area contributed by atoms with Gasteiger partial charge >= 0.3 is 0 Å². The van der Waals surface area contributed by atoms with Crippen LogP contribution in [-0.4, -0.2) is 5.11 Å². The summed E-state index contributed by atoms with van der Waals surface area (Å²) in [7, 11) is 0. The summed E-state index contributed by atoms with van der Waals surface area (Å²) in [6, 6.07) is 26.4. The van der Waals surface area contributed by atoms with Crippen LogP contribution in [0.5, 0.6) is 0 Å². The molecule has 0 radical (unpaired) electrons. The molecular weight excluding hydrogens is 268 g/mol. The van der Waals surface area contributed by atoms with Crippen LogP contribution in [0.3, 0.4) is 0 Å². The number of hydrogen-bond acceptors (Lipinski definition) is 1. The first-order chi connectivity index (χ1) is 10.6. The van der Waals surface area contributed by atoms with Crippen molar-refractivity contribution in [2.24, 2.45) is 0 Å². The zero-order chi connectivity index (χ0) is 15.6. The molecule has 1 unspecified atom stereocenters. The number of benzene rings is 3. The van der Waals surface area contributed by atoms with E-state index in [1.807, 2.05) is 49.4 Å². The van der Waals surface area contributed by atoms with Crippen LogP contribution in [0.15, 0.2) is 78.9 Å². The average molecular weight is 288 g/mol. The first kappa shape index (κ1) is 14.6. The van der Waals surface area contributed by atoms with E-state index < -0.39 is 5.60 Å². The maximum atomic E-state index is 10.9. The van der Waals surface area contributed by atoms with Crippen molar-refractivity contribution in [3.63, 3.8) is 0 Å². The van der Waals surface area contributed by atoms with Crippen LogP contribution >= 0.6 is 0 Å². The monoisotopic (exact) mass is 288 g/mol. The molecule has 0 aliphatic carbocycles. The molecule has 0 aliphatic heterocycles.